The van der Waals surface area contributed by atoms with E-state index in [2.05, 4.69) is 4.72 Å². The fourth-order valence-electron chi connectivity index (χ4n) is 1.24. The first-order valence-electron chi connectivity index (χ1n) is 5.34. The molecule has 0 radical (unpaired) electrons. The summed E-state index contributed by atoms with van der Waals surface area (Å²) in [5.41, 5.74) is 4.93. The van der Waals surface area contributed by atoms with E-state index in [1.54, 1.807) is 0 Å². The lowest BCUT2D eigenvalue weighted by Gasteiger charge is -2.10. The summed E-state index contributed by atoms with van der Waals surface area (Å²) in [6.07, 6.45) is 1.87. The van der Waals surface area contributed by atoms with Crippen molar-refractivity contribution in [2.45, 2.75) is 17.1 Å². The Morgan fingerprint density at radius 2 is 2.16 bits per heavy atom. The lowest BCUT2D eigenvalue weighted by atomic mass is 10.3. The molecule has 0 aromatic heterocycles. The Bertz CT molecular complexity index is 574. The van der Waals surface area contributed by atoms with Crippen molar-refractivity contribution in [3.8, 4) is 0 Å². The van der Waals surface area contributed by atoms with Crippen LogP contribution in [0.25, 0.3) is 0 Å². The number of nitrogens with one attached hydrogen (secondary N) is 1. The molecular weight excluding hydrogens is 290 g/mol. The molecule has 1 rings (SSSR count). The standard InChI is InChI=1S/C10H15N3O4S2/c1-7(18-2)6-12-19(16,17)8-3-4-9(11)10(5-8)13(14)15/h3-5,7,12H,6,11H2,1-2H3. The molecule has 0 fully saturated rings. The van der Waals surface area contributed by atoms with Crippen molar-refractivity contribution in [2.24, 2.45) is 0 Å². The molecule has 0 amide bonds. The number of anilines is 1. The first-order chi connectivity index (χ1) is 8.77. The predicted molar refractivity (Wildman–Crippen MR) is 75.7 cm³/mol. The summed E-state index contributed by atoms with van der Waals surface area (Å²) in [5, 5.41) is 10.8. The first-order valence-corrected chi connectivity index (χ1v) is 8.11. The van der Waals surface area contributed by atoms with E-state index in [0.717, 1.165) is 6.07 Å². The smallest absolute Gasteiger partial charge is 0.293 e. The van der Waals surface area contributed by atoms with E-state index in [9.17, 15) is 18.5 Å². The Hall–Kier alpha value is -1.32. The van der Waals surface area contributed by atoms with Crippen LogP contribution in [0.5, 0.6) is 0 Å². The van der Waals surface area contributed by atoms with E-state index in [0.29, 0.717) is 0 Å². The van der Waals surface area contributed by atoms with Crippen molar-refractivity contribution < 1.29 is 13.3 Å². The van der Waals surface area contributed by atoms with Gasteiger partial charge >= 0.3 is 0 Å². The molecule has 1 atom stereocenters. The lowest BCUT2D eigenvalue weighted by Crippen LogP contribution is -2.29. The third-order valence-corrected chi connectivity index (χ3v) is 4.86. The van der Waals surface area contributed by atoms with Gasteiger partial charge in [-0.25, -0.2) is 13.1 Å². The van der Waals surface area contributed by atoms with Gasteiger partial charge in [-0.1, -0.05) is 6.92 Å². The molecule has 0 saturated carbocycles. The SMILES string of the molecule is CSC(C)CNS(=O)(=O)c1ccc(N)c([N+](=O)[O-])c1. The zero-order valence-corrected chi connectivity index (χ0v) is 12.1. The molecule has 1 aromatic carbocycles. The average molecular weight is 305 g/mol. The van der Waals surface area contributed by atoms with Crippen molar-refractivity contribution in [3.05, 3.63) is 28.3 Å². The van der Waals surface area contributed by atoms with Gasteiger partial charge in [-0.05, 0) is 18.4 Å². The van der Waals surface area contributed by atoms with Gasteiger partial charge in [0.2, 0.25) is 10.0 Å². The summed E-state index contributed by atoms with van der Waals surface area (Å²) in [4.78, 5) is 9.85. The first kappa shape index (κ1) is 15.7. The second-order valence-electron chi connectivity index (χ2n) is 3.88. The fourth-order valence-corrected chi connectivity index (χ4v) is 2.75. The number of nitro benzene ring substituents is 1. The Morgan fingerprint density at radius 3 is 2.68 bits per heavy atom. The van der Waals surface area contributed by atoms with E-state index in [1.807, 2.05) is 13.2 Å². The molecule has 9 heteroatoms. The van der Waals surface area contributed by atoms with Crippen molar-refractivity contribution in [2.75, 3.05) is 18.5 Å². The summed E-state index contributed by atoms with van der Waals surface area (Å²) in [6.45, 7) is 2.13. The van der Waals surface area contributed by atoms with E-state index >= 15 is 0 Å². The molecule has 0 aliphatic carbocycles. The Labute approximate surface area is 115 Å². The molecule has 7 nitrogen and oxygen atoms in total. The predicted octanol–water partition coefficient (Wildman–Crippen LogP) is 1.21. The number of hydrogen-bond donors (Lipinski definition) is 2. The normalized spacial score (nSPS) is 13.2. The van der Waals surface area contributed by atoms with E-state index in [4.69, 9.17) is 5.73 Å². The monoisotopic (exact) mass is 305 g/mol. The zero-order chi connectivity index (χ0) is 14.6. The van der Waals surface area contributed by atoms with E-state index in [-0.39, 0.29) is 22.4 Å². The summed E-state index contributed by atoms with van der Waals surface area (Å²) in [6, 6.07) is 3.42. The van der Waals surface area contributed by atoms with Crippen LogP contribution in [0.15, 0.2) is 23.1 Å². The van der Waals surface area contributed by atoms with Crippen LogP contribution in [0, 0.1) is 10.1 Å². The highest BCUT2D eigenvalue weighted by atomic mass is 32.2. The third kappa shape index (κ3) is 4.08. The highest BCUT2D eigenvalue weighted by Crippen LogP contribution is 2.24. The molecule has 0 spiro atoms. The van der Waals surface area contributed by atoms with Crippen molar-refractivity contribution in [1.29, 1.82) is 0 Å². The molecule has 0 aliphatic heterocycles. The minimum Gasteiger partial charge on any atom is -0.393 e. The maximum atomic E-state index is 12.0. The van der Waals surface area contributed by atoms with Gasteiger partial charge in [0.15, 0.2) is 0 Å². The Morgan fingerprint density at radius 1 is 1.53 bits per heavy atom. The van der Waals surface area contributed by atoms with Gasteiger partial charge in [0.1, 0.15) is 5.69 Å². The number of sulfonamides is 1. The summed E-state index contributed by atoms with van der Waals surface area (Å²) >= 11 is 1.52. The van der Waals surface area contributed by atoms with E-state index in [1.165, 1.54) is 23.9 Å². The number of hydrogen-bond acceptors (Lipinski definition) is 6. The molecule has 1 unspecified atom stereocenters. The molecule has 0 aliphatic rings. The Kier molecular flexibility index (Phi) is 5.15. The van der Waals surface area contributed by atoms with Gasteiger partial charge < -0.3 is 5.73 Å². The summed E-state index contributed by atoms with van der Waals surface area (Å²) < 4.78 is 26.3. The van der Waals surface area contributed by atoms with Crippen LogP contribution in [-0.4, -0.2) is 31.4 Å². The molecule has 0 heterocycles. The maximum absolute atomic E-state index is 12.0. The number of nitrogens with two attached hydrogens (primary N) is 1. The number of nitrogen functional groups attached to an aromatic ring is 1. The molecule has 3 N–H and O–H groups in total. The van der Waals surface area contributed by atoms with Crippen LogP contribution in [-0.2, 0) is 10.0 Å². The highest BCUT2D eigenvalue weighted by Gasteiger charge is 2.20. The van der Waals surface area contributed by atoms with Gasteiger partial charge in [-0.15, -0.1) is 0 Å². The number of benzene rings is 1. The second-order valence-corrected chi connectivity index (χ2v) is 6.92. The fraction of sp³-hybridized carbons (Fsp3) is 0.400. The van der Waals surface area contributed by atoms with Crippen LogP contribution in [0.1, 0.15) is 6.92 Å². The lowest BCUT2D eigenvalue weighted by molar-refractivity contribution is -0.384. The molecule has 0 bridgehead atoms. The molecule has 19 heavy (non-hydrogen) atoms. The van der Waals surface area contributed by atoms with Crippen LogP contribution >= 0.6 is 11.8 Å². The number of nitro groups is 1. The van der Waals surface area contributed by atoms with Crippen molar-refractivity contribution >= 4 is 33.2 Å². The minimum absolute atomic E-state index is 0.0681. The molecule has 1 aromatic rings. The minimum atomic E-state index is -3.76. The largest absolute Gasteiger partial charge is 0.393 e. The number of thioether (sulfide) groups is 1. The van der Waals surface area contributed by atoms with Crippen LogP contribution in [0.4, 0.5) is 11.4 Å². The molecular formula is C10H15N3O4S2. The van der Waals surface area contributed by atoms with E-state index < -0.39 is 20.6 Å². The van der Waals surface area contributed by atoms with Gasteiger partial charge in [0.25, 0.3) is 5.69 Å². The summed E-state index contributed by atoms with van der Waals surface area (Å²) in [7, 11) is -3.76. The summed E-state index contributed by atoms with van der Waals surface area (Å²) in [5.74, 6) is 0. The number of nitrogens with zero attached hydrogens (tertiary/aromatic N) is 1. The quantitative estimate of drug-likeness (QED) is 0.463. The van der Waals surface area contributed by atoms with Crippen LogP contribution < -0.4 is 10.5 Å². The Balaban J connectivity index is 3.02. The highest BCUT2D eigenvalue weighted by molar-refractivity contribution is 7.99. The van der Waals surface area contributed by atoms with Gasteiger partial charge in [0, 0.05) is 17.9 Å². The second kappa shape index (κ2) is 6.22. The van der Waals surface area contributed by atoms with Gasteiger partial charge in [-0.2, -0.15) is 11.8 Å². The average Bonchev–Trinajstić information content (AvgIpc) is 2.35. The third-order valence-electron chi connectivity index (χ3n) is 2.47. The topological polar surface area (TPSA) is 115 Å². The zero-order valence-electron chi connectivity index (χ0n) is 10.5. The van der Waals surface area contributed by atoms with Crippen LogP contribution in [0.2, 0.25) is 0 Å². The van der Waals surface area contributed by atoms with Gasteiger partial charge in [-0.3, -0.25) is 10.1 Å². The van der Waals surface area contributed by atoms with Crippen molar-refractivity contribution in [1.82, 2.24) is 4.72 Å². The molecule has 0 saturated heterocycles. The van der Waals surface area contributed by atoms with Crippen molar-refractivity contribution in [3.63, 3.8) is 0 Å². The maximum Gasteiger partial charge on any atom is 0.293 e. The van der Waals surface area contributed by atoms with Crippen LogP contribution in [0.3, 0.4) is 0 Å². The number of rotatable bonds is 6. The van der Waals surface area contributed by atoms with Gasteiger partial charge in [0.05, 0.1) is 9.82 Å². The molecule has 106 valence electrons.